The lowest BCUT2D eigenvalue weighted by molar-refractivity contribution is 0.628. The molecule has 0 unspecified atom stereocenters. The van der Waals surface area contributed by atoms with Crippen LogP contribution in [-0.2, 0) is 6.42 Å². The molecule has 0 aromatic heterocycles. The zero-order valence-corrected chi connectivity index (χ0v) is 10.6. The van der Waals surface area contributed by atoms with E-state index in [1.54, 1.807) is 12.1 Å². The molecule has 0 nitrogen and oxygen atoms in total. The number of hydrogen-bond acceptors (Lipinski definition) is 0. The average Bonchev–Trinajstić information content (AvgIpc) is 2.41. The molecule has 0 N–H and O–H groups in total. The highest BCUT2D eigenvalue weighted by atomic mass is 19.1. The lowest BCUT2D eigenvalue weighted by atomic mass is 10.0. The highest BCUT2D eigenvalue weighted by Crippen LogP contribution is 2.20. The number of allylic oxidation sites excluding steroid dienone is 2. The summed E-state index contributed by atoms with van der Waals surface area (Å²) < 4.78 is 12.8. The van der Waals surface area contributed by atoms with E-state index in [2.05, 4.69) is 43.3 Å². The maximum atomic E-state index is 12.8. The Hall–Kier alpha value is -1.89. The summed E-state index contributed by atoms with van der Waals surface area (Å²) >= 11 is 0. The van der Waals surface area contributed by atoms with E-state index in [4.69, 9.17) is 0 Å². The Labute approximate surface area is 108 Å². The Balaban J connectivity index is 2.12. The number of halogens is 1. The fourth-order valence-corrected chi connectivity index (χ4v) is 1.86. The van der Waals surface area contributed by atoms with Crippen LogP contribution in [0, 0.1) is 5.82 Å². The molecule has 2 aromatic carbocycles. The van der Waals surface area contributed by atoms with E-state index < -0.39 is 0 Å². The van der Waals surface area contributed by atoms with Crippen LogP contribution in [0.5, 0.6) is 0 Å². The fourth-order valence-electron chi connectivity index (χ4n) is 1.86. The van der Waals surface area contributed by atoms with E-state index in [1.165, 1.54) is 17.7 Å². The first kappa shape index (κ1) is 12.6. The lowest BCUT2D eigenvalue weighted by Crippen LogP contribution is -1.83. The normalized spacial score (nSPS) is 11.0. The van der Waals surface area contributed by atoms with Gasteiger partial charge in [-0.3, -0.25) is 0 Å². The van der Waals surface area contributed by atoms with E-state index in [9.17, 15) is 4.39 Å². The molecule has 0 heterocycles. The third-order valence-electron chi connectivity index (χ3n) is 2.89. The van der Waals surface area contributed by atoms with Crippen molar-refractivity contribution < 1.29 is 4.39 Å². The maximum absolute atomic E-state index is 12.8. The van der Waals surface area contributed by atoms with E-state index in [1.807, 2.05) is 0 Å². The van der Waals surface area contributed by atoms with Gasteiger partial charge in [-0.05, 0) is 41.7 Å². The van der Waals surface area contributed by atoms with Crippen LogP contribution in [0.15, 0.2) is 60.7 Å². The second kappa shape index (κ2) is 6.15. The summed E-state index contributed by atoms with van der Waals surface area (Å²) in [5.74, 6) is -0.194. The van der Waals surface area contributed by atoms with Gasteiger partial charge in [0, 0.05) is 0 Å². The molecule has 0 aliphatic rings. The van der Waals surface area contributed by atoms with E-state index in [0.717, 1.165) is 24.0 Å². The van der Waals surface area contributed by atoms with Crippen molar-refractivity contribution in [1.29, 1.82) is 0 Å². The van der Waals surface area contributed by atoms with E-state index in [-0.39, 0.29) is 5.82 Å². The van der Waals surface area contributed by atoms with Crippen LogP contribution in [-0.4, -0.2) is 0 Å². The predicted octanol–water partition coefficient (Wildman–Crippen LogP) is 5.00. The molecule has 0 fully saturated rings. The first-order valence-electron chi connectivity index (χ1n) is 6.29. The minimum Gasteiger partial charge on any atom is -0.207 e. The van der Waals surface area contributed by atoms with Gasteiger partial charge in [0.05, 0.1) is 0 Å². The van der Waals surface area contributed by atoms with Crippen LogP contribution in [0.25, 0.3) is 11.1 Å². The third kappa shape index (κ3) is 3.30. The zero-order valence-electron chi connectivity index (χ0n) is 10.6. The Morgan fingerprint density at radius 2 is 1.39 bits per heavy atom. The van der Waals surface area contributed by atoms with Crippen molar-refractivity contribution in [2.24, 2.45) is 0 Å². The molecule has 0 radical (unpaired) electrons. The molecular formula is C17H17F. The third-order valence-corrected chi connectivity index (χ3v) is 2.89. The Morgan fingerprint density at radius 1 is 0.833 bits per heavy atom. The zero-order chi connectivity index (χ0) is 12.8. The SMILES string of the molecule is CC/C=C\Cc1ccc(-c2ccc(F)cc2)cc1. The van der Waals surface area contributed by atoms with Gasteiger partial charge in [-0.2, -0.15) is 0 Å². The van der Waals surface area contributed by atoms with Crippen molar-refractivity contribution in [1.82, 2.24) is 0 Å². The molecule has 0 spiro atoms. The minimum absolute atomic E-state index is 0.194. The Kier molecular flexibility index (Phi) is 4.30. The fraction of sp³-hybridized carbons (Fsp3) is 0.176. The second-order valence-electron chi connectivity index (χ2n) is 4.29. The molecule has 92 valence electrons. The first-order chi connectivity index (χ1) is 8.79. The molecule has 0 saturated heterocycles. The molecule has 0 amide bonds. The minimum atomic E-state index is -0.194. The van der Waals surface area contributed by atoms with Crippen LogP contribution in [0.3, 0.4) is 0 Å². The monoisotopic (exact) mass is 240 g/mol. The number of benzene rings is 2. The van der Waals surface area contributed by atoms with Crippen molar-refractivity contribution in [2.75, 3.05) is 0 Å². The van der Waals surface area contributed by atoms with E-state index >= 15 is 0 Å². The summed E-state index contributed by atoms with van der Waals surface area (Å²) in [6, 6.07) is 15.0. The summed E-state index contributed by atoms with van der Waals surface area (Å²) in [4.78, 5) is 0. The lowest BCUT2D eigenvalue weighted by Gasteiger charge is -2.03. The van der Waals surface area contributed by atoms with Gasteiger partial charge < -0.3 is 0 Å². The largest absolute Gasteiger partial charge is 0.207 e. The quantitative estimate of drug-likeness (QED) is 0.659. The number of rotatable bonds is 4. The van der Waals surface area contributed by atoms with Gasteiger partial charge in [-0.25, -0.2) is 4.39 Å². The Morgan fingerprint density at radius 3 is 1.94 bits per heavy atom. The van der Waals surface area contributed by atoms with Gasteiger partial charge in [-0.1, -0.05) is 55.5 Å². The number of hydrogen-bond donors (Lipinski definition) is 0. The van der Waals surface area contributed by atoms with Gasteiger partial charge >= 0.3 is 0 Å². The summed E-state index contributed by atoms with van der Waals surface area (Å²) in [7, 11) is 0. The van der Waals surface area contributed by atoms with Crippen LogP contribution >= 0.6 is 0 Å². The van der Waals surface area contributed by atoms with Crippen LogP contribution < -0.4 is 0 Å². The van der Waals surface area contributed by atoms with Gasteiger partial charge in [0.2, 0.25) is 0 Å². The molecule has 2 aromatic rings. The van der Waals surface area contributed by atoms with Gasteiger partial charge in [-0.15, -0.1) is 0 Å². The topological polar surface area (TPSA) is 0 Å². The molecular weight excluding hydrogens is 223 g/mol. The van der Waals surface area contributed by atoms with Crippen molar-refractivity contribution in [2.45, 2.75) is 19.8 Å². The van der Waals surface area contributed by atoms with Crippen molar-refractivity contribution in [3.8, 4) is 11.1 Å². The molecule has 0 aliphatic carbocycles. The molecule has 2 rings (SSSR count). The summed E-state index contributed by atoms with van der Waals surface area (Å²) in [5, 5.41) is 0. The summed E-state index contributed by atoms with van der Waals surface area (Å²) in [6.07, 6.45) is 6.41. The van der Waals surface area contributed by atoms with Crippen LogP contribution in [0.1, 0.15) is 18.9 Å². The highest BCUT2D eigenvalue weighted by Gasteiger charge is 1.98. The predicted molar refractivity (Wildman–Crippen MR) is 75.0 cm³/mol. The van der Waals surface area contributed by atoms with Crippen molar-refractivity contribution >= 4 is 0 Å². The van der Waals surface area contributed by atoms with Crippen molar-refractivity contribution in [3.63, 3.8) is 0 Å². The summed E-state index contributed by atoms with van der Waals surface area (Å²) in [6.45, 7) is 2.13. The van der Waals surface area contributed by atoms with Gasteiger partial charge in [0.25, 0.3) is 0 Å². The smallest absolute Gasteiger partial charge is 0.123 e. The summed E-state index contributed by atoms with van der Waals surface area (Å²) in [5.41, 5.74) is 3.47. The molecule has 0 aliphatic heterocycles. The van der Waals surface area contributed by atoms with Gasteiger partial charge in [0.1, 0.15) is 5.82 Å². The Bertz CT molecular complexity index is 506. The maximum Gasteiger partial charge on any atom is 0.123 e. The van der Waals surface area contributed by atoms with Gasteiger partial charge in [0.15, 0.2) is 0 Å². The van der Waals surface area contributed by atoms with E-state index in [0.29, 0.717) is 0 Å². The van der Waals surface area contributed by atoms with Crippen molar-refractivity contribution in [3.05, 3.63) is 72.1 Å². The molecule has 18 heavy (non-hydrogen) atoms. The molecule has 0 bridgehead atoms. The van der Waals surface area contributed by atoms with Crippen LogP contribution in [0.4, 0.5) is 4.39 Å². The standard InChI is InChI=1S/C17H17F/c1-2-3-4-5-14-6-8-15(9-7-14)16-10-12-17(18)13-11-16/h3-4,6-13H,2,5H2,1H3/b4-3-. The molecule has 0 saturated carbocycles. The second-order valence-corrected chi connectivity index (χ2v) is 4.29. The molecule has 0 atom stereocenters. The average molecular weight is 240 g/mol. The first-order valence-corrected chi connectivity index (χ1v) is 6.29. The van der Waals surface area contributed by atoms with Crippen LogP contribution in [0.2, 0.25) is 0 Å². The highest BCUT2D eigenvalue weighted by molar-refractivity contribution is 5.63. The molecule has 1 heteroatoms.